The first-order chi connectivity index (χ1) is 11.5. The average Bonchev–Trinajstić information content (AvgIpc) is 2.98. The van der Waals surface area contributed by atoms with Crippen LogP contribution >= 0.6 is 0 Å². The van der Waals surface area contributed by atoms with E-state index in [0.717, 1.165) is 0 Å². The van der Waals surface area contributed by atoms with Crippen molar-refractivity contribution in [2.24, 2.45) is 0 Å². The van der Waals surface area contributed by atoms with Crippen LogP contribution in [0.25, 0.3) is 0 Å². The zero-order valence-electron chi connectivity index (χ0n) is 13.3. The number of methoxy groups -OCH3 is 1. The molecule has 1 heterocycles. The van der Waals surface area contributed by atoms with Crippen molar-refractivity contribution in [3.05, 3.63) is 51.4 Å². The topological polar surface area (TPSA) is 117 Å². The molecule has 2 rings (SSSR count). The molecule has 128 valence electrons. The van der Waals surface area contributed by atoms with Gasteiger partial charge in [0, 0.05) is 25.8 Å². The molecule has 0 fully saturated rings. The molecular weight excluding hydrogens is 318 g/mol. The van der Waals surface area contributed by atoms with Crippen molar-refractivity contribution in [1.82, 2.24) is 5.16 Å². The summed E-state index contributed by atoms with van der Waals surface area (Å²) in [5, 5.41) is 17.8. The van der Waals surface area contributed by atoms with Crippen LogP contribution in [0.3, 0.4) is 0 Å². The van der Waals surface area contributed by atoms with Crippen LogP contribution in [0, 0.1) is 17.0 Å². The predicted octanol–water partition coefficient (Wildman–Crippen LogP) is 2.31. The summed E-state index contributed by atoms with van der Waals surface area (Å²) >= 11 is 0. The summed E-state index contributed by atoms with van der Waals surface area (Å²) in [6, 6.07) is 5.73. The van der Waals surface area contributed by atoms with Crippen LogP contribution in [0.5, 0.6) is 0 Å². The number of aryl methyl sites for hydroxylation is 1. The minimum absolute atomic E-state index is 0.0716. The highest BCUT2D eigenvalue weighted by Gasteiger charge is 2.18. The second-order valence-corrected chi connectivity index (χ2v) is 4.91. The largest absolute Gasteiger partial charge is 0.455 e. The molecule has 0 spiro atoms. The van der Waals surface area contributed by atoms with Gasteiger partial charge in [0.15, 0.2) is 0 Å². The van der Waals surface area contributed by atoms with Crippen LogP contribution in [0.4, 0.5) is 11.4 Å². The van der Waals surface area contributed by atoms with Gasteiger partial charge in [0.25, 0.3) is 5.69 Å². The van der Waals surface area contributed by atoms with Gasteiger partial charge in [-0.15, -0.1) is 0 Å². The van der Waals surface area contributed by atoms with Crippen molar-refractivity contribution >= 4 is 17.3 Å². The van der Waals surface area contributed by atoms with Gasteiger partial charge in [-0.3, -0.25) is 10.1 Å². The Morgan fingerprint density at radius 2 is 2.21 bits per heavy atom. The summed E-state index contributed by atoms with van der Waals surface area (Å²) in [7, 11) is 1.53. The molecule has 0 saturated heterocycles. The summed E-state index contributed by atoms with van der Waals surface area (Å²) < 4.78 is 14.8. The second-order valence-electron chi connectivity index (χ2n) is 4.91. The molecule has 0 unspecified atom stereocenters. The van der Waals surface area contributed by atoms with Crippen molar-refractivity contribution in [2.75, 3.05) is 25.6 Å². The van der Waals surface area contributed by atoms with E-state index >= 15 is 0 Å². The molecule has 0 aliphatic heterocycles. The minimum Gasteiger partial charge on any atom is -0.455 e. The first kappa shape index (κ1) is 17.4. The van der Waals surface area contributed by atoms with Crippen molar-refractivity contribution in [1.29, 1.82) is 0 Å². The molecule has 0 atom stereocenters. The number of nitrogens with one attached hydrogen (secondary N) is 1. The molecule has 9 nitrogen and oxygen atoms in total. The molecule has 9 heteroatoms. The van der Waals surface area contributed by atoms with E-state index in [9.17, 15) is 14.9 Å². The number of hydrogen-bond acceptors (Lipinski definition) is 8. The Morgan fingerprint density at radius 3 is 2.83 bits per heavy atom. The van der Waals surface area contributed by atoms with Crippen molar-refractivity contribution in [3.63, 3.8) is 0 Å². The number of esters is 1. The Bertz CT molecular complexity index is 728. The summed E-state index contributed by atoms with van der Waals surface area (Å²) in [5.41, 5.74) is 0.644. The van der Waals surface area contributed by atoms with Gasteiger partial charge in [-0.05, 0) is 19.1 Å². The standard InChI is InChI=1S/C15H17N3O6/c1-10-7-12(17-24-10)9-23-15(19)11-3-4-13(16-5-6-22-2)14(8-11)18(20)21/h3-4,7-8,16H,5-6,9H2,1-2H3. The number of nitrogens with zero attached hydrogens (tertiary/aromatic N) is 2. The van der Waals surface area contributed by atoms with E-state index in [4.69, 9.17) is 14.0 Å². The summed E-state index contributed by atoms with van der Waals surface area (Å²) in [6.07, 6.45) is 0. The zero-order chi connectivity index (χ0) is 17.5. The number of nitro groups is 1. The highest BCUT2D eigenvalue weighted by molar-refractivity contribution is 5.91. The maximum atomic E-state index is 12.0. The first-order valence-electron chi connectivity index (χ1n) is 7.12. The van der Waals surface area contributed by atoms with Gasteiger partial charge >= 0.3 is 5.97 Å². The Balaban J connectivity index is 2.07. The fraction of sp³-hybridized carbons (Fsp3) is 0.333. The molecule has 1 aromatic carbocycles. The van der Waals surface area contributed by atoms with E-state index in [1.165, 1.54) is 25.3 Å². The molecule has 24 heavy (non-hydrogen) atoms. The maximum Gasteiger partial charge on any atom is 0.338 e. The lowest BCUT2D eigenvalue weighted by Crippen LogP contribution is -2.11. The molecule has 0 aliphatic rings. The van der Waals surface area contributed by atoms with Crippen LogP contribution < -0.4 is 5.32 Å². The highest BCUT2D eigenvalue weighted by Crippen LogP contribution is 2.26. The molecule has 0 radical (unpaired) electrons. The third kappa shape index (κ3) is 4.53. The van der Waals surface area contributed by atoms with Gasteiger partial charge in [0.05, 0.1) is 17.1 Å². The van der Waals surface area contributed by atoms with Crippen LogP contribution in [-0.4, -0.2) is 36.3 Å². The number of ether oxygens (including phenoxy) is 2. The Labute approximate surface area is 137 Å². The average molecular weight is 335 g/mol. The Morgan fingerprint density at radius 1 is 1.42 bits per heavy atom. The van der Waals surface area contributed by atoms with Crippen molar-refractivity contribution in [3.8, 4) is 0 Å². The number of benzene rings is 1. The third-order valence-corrected chi connectivity index (χ3v) is 3.08. The number of anilines is 1. The lowest BCUT2D eigenvalue weighted by molar-refractivity contribution is -0.384. The monoisotopic (exact) mass is 335 g/mol. The molecule has 1 N–H and O–H groups in total. The number of aromatic nitrogens is 1. The molecule has 0 aliphatic carbocycles. The Hall–Kier alpha value is -2.94. The molecule has 1 aromatic heterocycles. The lowest BCUT2D eigenvalue weighted by atomic mass is 10.1. The quantitative estimate of drug-likeness (QED) is 0.338. The molecule has 0 amide bonds. The van der Waals surface area contributed by atoms with E-state index in [2.05, 4.69) is 10.5 Å². The van der Waals surface area contributed by atoms with E-state index in [1.54, 1.807) is 13.0 Å². The maximum absolute atomic E-state index is 12.0. The van der Waals surface area contributed by atoms with Crippen LogP contribution in [-0.2, 0) is 16.1 Å². The number of carbonyl (C=O) groups is 1. The van der Waals surface area contributed by atoms with Gasteiger partial charge in [0.1, 0.15) is 23.7 Å². The number of nitro benzene ring substituents is 1. The van der Waals surface area contributed by atoms with Gasteiger partial charge in [-0.1, -0.05) is 5.16 Å². The molecule has 0 bridgehead atoms. The number of carbonyl (C=O) groups excluding carboxylic acids is 1. The smallest absolute Gasteiger partial charge is 0.338 e. The fourth-order valence-electron chi connectivity index (χ4n) is 1.96. The van der Waals surface area contributed by atoms with Crippen molar-refractivity contribution in [2.45, 2.75) is 13.5 Å². The van der Waals surface area contributed by atoms with Gasteiger partial charge < -0.3 is 19.3 Å². The number of hydrogen-bond donors (Lipinski definition) is 1. The molecular formula is C15H17N3O6. The van der Waals surface area contributed by atoms with Crippen LogP contribution in [0.1, 0.15) is 21.8 Å². The SMILES string of the molecule is COCCNc1ccc(C(=O)OCc2cc(C)on2)cc1[N+](=O)[O-]. The Kier molecular flexibility index (Phi) is 5.85. The van der Waals surface area contributed by atoms with E-state index in [-0.39, 0.29) is 17.9 Å². The fourth-order valence-corrected chi connectivity index (χ4v) is 1.96. The van der Waals surface area contributed by atoms with Gasteiger partial charge in [0.2, 0.25) is 0 Å². The van der Waals surface area contributed by atoms with Gasteiger partial charge in [-0.25, -0.2) is 4.79 Å². The highest BCUT2D eigenvalue weighted by atomic mass is 16.6. The third-order valence-electron chi connectivity index (χ3n) is 3.08. The predicted molar refractivity (Wildman–Crippen MR) is 83.8 cm³/mol. The normalized spacial score (nSPS) is 10.4. The van der Waals surface area contributed by atoms with Crippen LogP contribution in [0.15, 0.2) is 28.8 Å². The van der Waals surface area contributed by atoms with Gasteiger partial charge in [-0.2, -0.15) is 0 Å². The van der Waals surface area contributed by atoms with E-state index in [1.807, 2.05) is 0 Å². The van der Waals surface area contributed by atoms with Crippen LogP contribution in [0.2, 0.25) is 0 Å². The summed E-state index contributed by atoms with van der Waals surface area (Å²) in [5.74, 6) is -0.0784. The second kappa shape index (κ2) is 8.06. The zero-order valence-corrected chi connectivity index (χ0v) is 13.3. The summed E-state index contributed by atoms with van der Waals surface area (Å²) in [6.45, 7) is 2.46. The van der Waals surface area contributed by atoms with Crippen molar-refractivity contribution < 1.29 is 23.7 Å². The minimum atomic E-state index is -0.679. The van der Waals surface area contributed by atoms with E-state index in [0.29, 0.717) is 30.3 Å². The number of rotatable bonds is 8. The molecule has 0 saturated carbocycles. The lowest BCUT2D eigenvalue weighted by Gasteiger charge is -2.08. The van der Waals surface area contributed by atoms with E-state index < -0.39 is 10.9 Å². The molecule has 2 aromatic rings. The first-order valence-corrected chi connectivity index (χ1v) is 7.12. The summed E-state index contributed by atoms with van der Waals surface area (Å²) in [4.78, 5) is 22.6.